The summed E-state index contributed by atoms with van der Waals surface area (Å²) in [4.78, 5) is 0. The molecule has 0 radical (unpaired) electrons. The Kier molecular flexibility index (Phi) is 6.22. The van der Waals surface area contributed by atoms with E-state index in [1.807, 2.05) is 0 Å². The van der Waals surface area contributed by atoms with Crippen LogP contribution in [0.2, 0.25) is 0 Å². The monoisotopic (exact) mass is 255 g/mol. The molecule has 0 aromatic heterocycles. The molecule has 1 unspecified atom stereocenters. The minimum absolute atomic E-state index is 0.0408. The Hall–Kier alpha value is -0.330. The van der Waals surface area contributed by atoms with Crippen molar-refractivity contribution in [1.29, 1.82) is 0 Å². The molecule has 1 rings (SSSR count). The number of ether oxygens (including phenoxy) is 1. The third kappa shape index (κ3) is 9.38. The molecule has 1 aliphatic carbocycles. The average molecular weight is 255 g/mol. The van der Waals surface area contributed by atoms with E-state index in [2.05, 4.69) is 5.32 Å². The van der Waals surface area contributed by atoms with E-state index < -0.39 is 18.7 Å². The first-order chi connectivity index (χ1) is 7.97. The van der Waals surface area contributed by atoms with E-state index >= 15 is 0 Å². The Balaban J connectivity index is 1.83. The van der Waals surface area contributed by atoms with Gasteiger partial charge in [-0.2, -0.15) is 13.2 Å². The molecule has 1 atom stereocenters. The Bertz CT molecular complexity index is 207. The van der Waals surface area contributed by atoms with Gasteiger partial charge in [0.05, 0.1) is 12.7 Å². The van der Waals surface area contributed by atoms with Gasteiger partial charge in [-0.3, -0.25) is 0 Å². The van der Waals surface area contributed by atoms with Gasteiger partial charge < -0.3 is 15.2 Å². The summed E-state index contributed by atoms with van der Waals surface area (Å²) in [5, 5.41) is 12.2. The van der Waals surface area contributed by atoms with E-state index in [1.54, 1.807) is 0 Å². The van der Waals surface area contributed by atoms with E-state index in [4.69, 9.17) is 4.74 Å². The third-order valence-corrected chi connectivity index (χ3v) is 2.55. The summed E-state index contributed by atoms with van der Waals surface area (Å²) < 4.78 is 40.6. The Morgan fingerprint density at radius 2 is 2.06 bits per heavy atom. The molecule has 0 saturated heterocycles. The third-order valence-electron chi connectivity index (χ3n) is 2.55. The molecule has 17 heavy (non-hydrogen) atoms. The first-order valence-electron chi connectivity index (χ1n) is 6.00. The SMILES string of the molecule is OC(CNCCCC(F)(F)F)COCC1CC1. The van der Waals surface area contributed by atoms with Crippen LogP contribution < -0.4 is 5.32 Å². The molecule has 0 aromatic carbocycles. The van der Waals surface area contributed by atoms with Crippen molar-refractivity contribution >= 4 is 0 Å². The van der Waals surface area contributed by atoms with Crippen LogP contribution in [0.25, 0.3) is 0 Å². The van der Waals surface area contributed by atoms with Gasteiger partial charge in [0, 0.05) is 19.6 Å². The van der Waals surface area contributed by atoms with Crippen molar-refractivity contribution in [3.05, 3.63) is 0 Å². The zero-order valence-corrected chi connectivity index (χ0v) is 9.80. The maximum absolute atomic E-state index is 11.8. The maximum Gasteiger partial charge on any atom is 0.389 e. The summed E-state index contributed by atoms with van der Waals surface area (Å²) in [6.45, 7) is 1.48. The van der Waals surface area contributed by atoms with Crippen molar-refractivity contribution in [2.75, 3.05) is 26.3 Å². The first kappa shape index (κ1) is 14.7. The highest BCUT2D eigenvalue weighted by Crippen LogP contribution is 2.28. The first-order valence-corrected chi connectivity index (χ1v) is 6.00. The molecular weight excluding hydrogens is 235 g/mol. The number of aliphatic hydroxyl groups is 1. The van der Waals surface area contributed by atoms with E-state index in [9.17, 15) is 18.3 Å². The molecule has 102 valence electrons. The number of aliphatic hydroxyl groups excluding tert-OH is 1. The Morgan fingerprint density at radius 1 is 1.35 bits per heavy atom. The van der Waals surface area contributed by atoms with Crippen LogP contribution in [0, 0.1) is 5.92 Å². The van der Waals surface area contributed by atoms with Gasteiger partial charge in [-0.25, -0.2) is 0 Å². The second-order valence-corrected chi connectivity index (χ2v) is 4.56. The van der Waals surface area contributed by atoms with E-state index in [1.165, 1.54) is 12.8 Å². The van der Waals surface area contributed by atoms with Crippen molar-refractivity contribution in [1.82, 2.24) is 5.32 Å². The highest BCUT2D eigenvalue weighted by molar-refractivity contribution is 4.72. The molecule has 3 nitrogen and oxygen atoms in total. The molecule has 0 aromatic rings. The lowest BCUT2D eigenvalue weighted by Gasteiger charge is -2.12. The van der Waals surface area contributed by atoms with Gasteiger partial charge in [0.25, 0.3) is 0 Å². The summed E-state index contributed by atoms with van der Waals surface area (Å²) >= 11 is 0. The standard InChI is InChI=1S/C11H20F3NO2/c12-11(13,14)4-1-5-15-6-10(16)8-17-7-9-2-3-9/h9-10,15-16H,1-8H2. The number of hydrogen-bond acceptors (Lipinski definition) is 3. The van der Waals surface area contributed by atoms with Crippen LogP contribution in [0.15, 0.2) is 0 Å². The topological polar surface area (TPSA) is 41.5 Å². The van der Waals surface area contributed by atoms with Gasteiger partial charge in [0.1, 0.15) is 0 Å². The molecule has 1 saturated carbocycles. The summed E-state index contributed by atoms with van der Waals surface area (Å²) in [5.74, 6) is 0.655. The molecule has 2 N–H and O–H groups in total. The quantitative estimate of drug-likeness (QED) is 0.616. The molecule has 0 spiro atoms. The predicted octanol–water partition coefficient (Wildman–Crippen LogP) is 1.71. The van der Waals surface area contributed by atoms with Crippen molar-refractivity contribution in [2.24, 2.45) is 5.92 Å². The predicted molar refractivity (Wildman–Crippen MR) is 57.7 cm³/mol. The highest BCUT2D eigenvalue weighted by Gasteiger charge is 2.25. The lowest BCUT2D eigenvalue weighted by atomic mass is 10.3. The minimum Gasteiger partial charge on any atom is -0.389 e. The smallest absolute Gasteiger partial charge is 0.389 e. The summed E-state index contributed by atoms with van der Waals surface area (Å²) in [6, 6.07) is 0. The van der Waals surface area contributed by atoms with Gasteiger partial charge in [0.2, 0.25) is 0 Å². The van der Waals surface area contributed by atoms with Crippen molar-refractivity contribution in [2.45, 2.75) is 38.0 Å². The van der Waals surface area contributed by atoms with Gasteiger partial charge in [-0.15, -0.1) is 0 Å². The van der Waals surface area contributed by atoms with Crippen LogP contribution in [0.3, 0.4) is 0 Å². The second-order valence-electron chi connectivity index (χ2n) is 4.56. The fourth-order valence-electron chi connectivity index (χ4n) is 1.40. The van der Waals surface area contributed by atoms with Crippen molar-refractivity contribution < 1.29 is 23.0 Å². The molecule has 6 heteroatoms. The zero-order valence-electron chi connectivity index (χ0n) is 9.80. The van der Waals surface area contributed by atoms with Crippen LogP contribution in [-0.2, 0) is 4.74 Å². The summed E-state index contributed by atoms with van der Waals surface area (Å²) in [5.41, 5.74) is 0. The largest absolute Gasteiger partial charge is 0.389 e. The lowest BCUT2D eigenvalue weighted by molar-refractivity contribution is -0.135. The van der Waals surface area contributed by atoms with E-state index in [0.29, 0.717) is 12.5 Å². The van der Waals surface area contributed by atoms with Crippen molar-refractivity contribution in [3.8, 4) is 0 Å². The Morgan fingerprint density at radius 3 is 2.65 bits per heavy atom. The summed E-state index contributed by atoms with van der Waals surface area (Å²) in [6.07, 6.45) is -3.07. The lowest BCUT2D eigenvalue weighted by Crippen LogP contribution is -2.31. The van der Waals surface area contributed by atoms with Gasteiger partial charge in [0.15, 0.2) is 0 Å². The van der Waals surface area contributed by atoms with E-state index in [0.717, 1.165) is 0 Å². The van der Waals surface area contributed by atoms with Crippen LogP contribution in [-0.4, -0.2) is 43.7 Å². The fraction of sp³-hybridized carbons (Fsp3) is 1.00. The normalized spacial score (nSPS) is 18.4. The highest BCUT2D eigenvalue weighted by atomic mass is 19.4. The number of rotatable bonds is 9. The molecule has 0 amide bonds. The van der Waals surface area contributed by atoms with Crippen molar-refractivity contribution in [3.63, 3.8) is 0 Å². The fourth-order valence-corrected chi connectivity index (χ4v) is 1.40. The number of alkyl halides is 3. The Labute approximate surface area is 99.3 Å². The van der Waals surface area contributed by atoms with Gasteiger partial charge >= 0.3 is 6.18 Å². The zero-order chi connectivity index (χ0) is 12.7. The number of nitrogens with one attached hydrogen (secondary N) is 1. The molecule has 0 heterocycles. The summed E-state index contributed by atoms with van der Waals surface area (Å²) in [7, 11) is 0. The molecule has 1 fully saturated rings. The molecule has 0 bridgehead atoms. The minimum atomic E-state index is -4.09. The van der Waals surface area contributed by atoms with Crippen LogP contribution in [0.1, 0.15) is 25.7 Å². The van der Waals surface area contributed by atoms with Gasteiger partial charge in [-0.05, 0) is 31.7 Å². The second kappa shape index (κ2) is 7.18. The van der Waals surface area contributed by atoms with Gasteiger partial charge in [-0.1, -0.05) is 0 Å². The van der Waals surface area contributed by atoms with E-state index in [-0.39, 0.29) is 26.1 Å². The number of halogens is 3. The molecular formula is C11H20F3NO2. The van der Waals surface area contributed by atoms with Crippen LogP contribution >= 0.6 is 0 Å². The van der Waals surface area contributed by atoms with Crippen LogP contribution in [0.5, 0.6) is 0 Å². The molecule has 1 aliphatic rings. The average Bonchev–Trinajstić information content (AvgIpc) is 2.99. The molecule has 0 aliphatic heterocycles. The number of hydrogen-bond donors (Lipinski definition) is 2. The maximum atomic E-state index is 11.8. The van der Waals surface area contributed by atoms with Crippen LogP contribution in [0.4, 0.5) is 13.2 Å².